The first-order valence-electron chi connectivity index (χ1n) is 22.9. The number of imidazole rings is 2. The number of ketones is 1. The lowest BCUT2D eigenvalue weighted by molar-refractivity contribution is -0.117. The van der Waals surface area contributed by atoms with Gasteiger partial charge in [0.05, 0.1) is 30.1 Å². The Labute approximate surface area is 409 Å². The van der Waals surface area contributed by atoms with Gasteiger partial charge >= 0.3 is 6.09 Å². The molecule has 8 aromatic rings. The van der Waals surface area contributed by atoms with Crippen LogP contribution in [0.1, 0.15) is 70.4 Å². The fourth-order valence-electron chi connectivity index (χ4n) is 8.39. The Hall–Kier alpha value is -7.61. The lowest BCUT2D eigenvalue weighted by Crippen LogP contribution is -2.35. The summed E-state index contributed by atoms with van der Waals surface area (Å²) in [5, 5.41) is 21.4. The van der Waals surface area contributed by atoms with E-state index < -0.39 is 22.9 Å². The largest absolute Gasteiger partial charge is 0.444 e. The molecule has 3 fully saturated rings. The first-order valence-corrected chi connectivity index (χ1v) is 23.2. The minimum Gasteiger partial charge on any atom is -0.444 e. The van der Waals surface area contributed by atoms with Crippen molar-refractivity contribution in [2.45, 2.75) is 76.1 Å². The number of anilines is 3. The van der Waals surface area contributed by atoms with Crippen molar-refractivity contribution in [1.29, 1.82) is 0 Å². The molecule has 1 amide bonds. The third-order valence-corrected chi connectivity index (χ3v) is 12.1. The fourth-order valence-corrected chi connectivity index (χ4v) is 8.56. The maximum atomic E-state index is 11.4. The summed E-state index contributed by atoms with van der Waals surface area (Å²) in [4.78, 5) is 59.3. The molecule has 0 bridgehead atoms. The average Bonchev–Trinajstić information content (AvgIpc) is 4.23. The number of β-amino-alcohol motifs (C(OH)–C–C–N with tert-alkyl or cyclic N) is 1. The maximum absolute atomic E-state index is 11.4. The lowest BCUT2D eigenvalue weighted by Gasteiger charge is -2.24. The van der Waals surface area contributed by atoms with Crippen LogP contribution in [-0.2, 0) is 20.7 Å². The molecule has 0 radical (unpaired) electrons. The molecule has 2 aromatic carbocycles. The highest BCUT2D eigenvalue weighted by molar-refractivity contribution is 6.28. The predicted octanol–water partition coefficient (Wildman–Crippen LogP) is 6.98. The first kappa shape index (κ1) is 48.8. The van der Waals surface area contributed by atoms with Crippen LogP contribution >= 0.6 is 11.6 Å². The lowest BCUT2D eigenvalue weighted by atomic mass is 9.92. The molecule has 1 unspecified atom stereocenters. The highest BCUT2D eigenvalue weighted by Gasteiger charge is 2.39. The van der Waals surface area contributed by atoms with Gasteiger partial charge in [0.25, 0.3) is 0 Å². The van der Waals surface area contributed by atoms with E-state index in [9.17, 15) is 19.8 Å². The van der Waals surface area contributed by atoms with Crippen LogP contribution in [0.15, 0.2) is 122 Å². The minimum absolute atomic E-state index is 0.103. The first-order chi connectivity index (χ1) is 33.6. The number of nitrogen functional groups attached to an aromatic ring is 2. The van der Waals surface area contributed by atoms with E-state index in [1.54, 1.807) is 42.0 Å². The second-order valence-electron chi connectivity index (χ2n) is 18.1. The number of fused-ring (bicyclic) bond motifs is 2. The molecule has 1 saturated carbocycles. The molecular weight excluding hydrogens is 912 g/mol. The number of ether oxygens (including phenoxy) is 1. The summed E-state index contributed by atoms with van der Waals surface area (Å²) in [7, 11) is 0. The summed E-state index contributed by atoms with van der Waals surface area (Å²) in [6.45, 7) is 7.17. The molecule has 1 atom stereocenters. The minimum atomic E-state index is -0.931. The fraction of sp³-hybridized carbons (Fsp3) is 0.320. The molecule has 0 spiro atoms. The van der Waals surface area contributed by atoms with Crippen LogP contribution in [0.2, 0.25) is 5.28 Å². The Bertz CT molecular complexity index is 3040. The van der Waals surface area contributed by atoms with Crippen LogP contribution in [0.5, 0.6) is 0 Å². The number of rotatable bonds is 5. The predicted molar refractivity (Wildman–Crippen MR) is 266 cm³/mol. The van der Waals surface area contributed by atoms with Crippen molar-refractivity contribution in [2.75, 3.05) is 42.5 Å². The summed E-state index contributed by atoms with van der Waals surface area (Å²) in [5.74, 6) is 1.19. The van der Waals surface area contributed by atoms with Crippen molar-refractivity contribution in [2.24, 2.45) is 0 Å². The van der Waals surface area contributed by atoms with Crippen LogP contribution in [0.25, 0.3) is 33.7 Å². The van der Waals surface area contributed by atoms with Crippen molar-refractivity contribution in [1.82, 2.24) is 53.9 Å². The number of hydrogen-bond donors (Lipinski definition) is 4. The number of pyridine rings is 2. The van der Waals surface area contributed by atoms with Crippen molar-refractivity contribution < 1.29 is 24.5 Å². The molecular formula is C50H55ClN14O5. The molecule has 2 saturated heterocycles. The van der Waals surface area contributed by atoms with Crippen LogP contribution in [0, 0.1) is 0 Å². The van der Waals surface area contributed by atoms with E-state index in [4.69, 9.17) is 32.8 Å². The van der Waals surface area contributed by atoms with Crippen LogP contribution in [0.3, 0.4) is 0 Å². The molecule has 2 aliphatic heterocycles. The monoisotopic (exact) mass is 966 g/mol. The number of aromatic nitrogens is 10. The van der Waals surface area contributed by atoms with Gasteiger partial charge in [-0.2, -0.15) is 19.9 Å². The molecule has 6 N–H and O–H groups in total. The topological polar surface area (TPSA) is 255 Å². The Balaban J connectivity index is 0.000000135. The normalized spacial score (nSPS) is 17.3. The molecule has 3 aliphatic rings. The quantitative estimate of drug-likeness (QED) is 0.127. The molecule has 70 heavy (non-hydrogen) atoms. The van der Waals surface area contributed by atoms with E-state index in [1.807, 2.05) is 115 Å². The Morgan fingerprint density at radius 2 is 1.20 bits per heavy atom. The third kappa shape index (κ3) is 11.5. The SMILES string of the molecule is CC(C)(C)OC(=O)N1CCC(=O)C1.Nc1nc(Cl)nc2c1ncn2-c1ccncc1.Nc1nc(N2CCC(O)(c3ccccc3)C2)nc2c1ncn2-c1ccncc1.OC1(c2ccccc2)CCCC1. The Kier molecular flexibility index (Phi) is 14.6. The van der Waals surface area contributed by atoms with E-state index in [-0.39, 0.29) is 23.4 Å². The van der Waals surface area contributed by atoms with Crippen molar-refractivity contribution in [3.8, 4) is 11.4 Å². The van der Waals surface area contributed by atoms with E-state index in [0.29, 0.717) is 66.6 Å². The van der Waals surface area contributed by atoms with Crippen molar-refractivity contribution >= 4 is 63.4 Å². The smallest absolute Gasteiger partial charge is 0.410 e. The van der Waals surface area contributed by atoms with Crippen molar-refractivity contribution in [3.63, 3.8) is 0 Å². The Morgan fingerprint density at radius 3 is 1.71 bits per heavy atom. The highest BCUT2D eigenvalue weighted by atomic mass is 35.5. The molecule has 11 rings (SSSR count). The van der Waals surface area contributed by atoms with E-state index in [1.165, 1.54) is 4.90 Å². The molecule has 8 heterocycles. The number of amides is 1. The number of likely N-dealkylation sites (tertiary alicyclic amines) is 1. The summed E-state index contributed by atoms with van der Waals surface area (Å²) in [6.07, 6.45) is 15.0. The van der Waals surface area contributed by atoms with E-state index >= 15 is 0 Å². The zero-order valence-electron chi connectivity index (χ0n) is 39.1. The van der Waals surface area contributed by atoms with E-state index in [0.717, 1.165) is 48.2 Å². The van der Waals surface area contributed by atoms with Gasteiger partial charge in [-0.3, -0.25) is 23.9 Å². The van der Waals surface area contributed by atoms with Gasteiger partial charge in [-0.05, 0) is 87.0 Å². The molecule has 1 aliphatic carbocycles. The number of carbonyl (C=O) groups excluding carboxylic acids is 2. The number of halogens is 1. The number of Topliss-reactive ketones (excluding diaryl/α,β-unsaturated/α-hetero) is 1. The zero-order chi connectivity index (χ0) is 49.5. The second kappa shape index (κ2) is 20.9. The number of aliphatic hydroxyl groups is 2. The van der Waals surface area contributed by atoms with Crippen molar-refractivity contribution in [3.05, 3.63) is 139 Å². The summed E-state index contributed by atoms with van der Waals surface area (Å²) >= 11 is 5.78. The van der Waals surface area contributed by atoms with Crippen LogP contribution < -0.4 is 16.4 Å². The molecule has 362 valence electrons. The molecule has 6 aromatic heterocycles. The van der Waals surface area contributed by atoms with Gasteiger partial charge in [-0.1, -0.05) is 73.5 Å². The van der Waals surface area contributed by atoms with Gasteiger partial charge in [0.2, 0.25) is 11.2 Å². The van der Waals surface area contributed by atoms with Gasteiger partial charge in [0.1, 0.15) is 23.9 Å². The van der Waals surface area contributed by atoms with Gasteiger partial charge < -0.3 is 36.2 Å². The molecule has 19 nitrogen and oxygen atoms in total. The van der Waals surface area contributed by atoms with Gasteiger partial charge in [-0.25, -0.2) is 14.8 Å². The summed E-state index contributed by atoms with van der Waals surface area (Å²) < 4.78 is 8.74. The highest BCUT2D eigenvalue weighted by Crippen LogP contribution is 2.38. The number of nitrogens with two attached hydrogens (primary N) is 2. The van der Waals surface area contributed by atoms with Crippen LogP contribution in [0.4, 0.5) is 22.4 Å². The molecule has 20 heteroatoms. The zero-order valence-corrected chi connectivity index (χ0v) is 39.9. The number of hydrogen-bond acceptors (Lipinski definition) is 16. The Morgan fingerprint density at radius 1 is 0.686 bits per heavy atom. The third-order valence-electron chi connectivity index (χ3n) is 12.0. The summed E-state index contributed by atoms with van der Waals surface area (Å²) in [6, 6.07) is 27.1. The van der Waals surface area contributed by atoms with Gasteiger partial charge in [-0.15, -0.1) is 0 Å². The van der Waals surface area contributed by atoms with Gasteiger partial charge in [0.15, 0.2) is 39.7 Å². The summed E-state index contributed by atoms with van der Waals surface area (Å²) in [5.41, 5.74) is 16.0. The van der Waals surface area contributed by atoms with E-state index in [2.05, 4.69) is 34.9 Å². The average molecular weight is 968 g/mol. The second-order valence-corrected chi connectivity index (χ2v) is 18.5. The van der Waals surface area contributed by atoms with Crippen LogP contribution in [-0.4, -0.2) is 108 Å². The van der Waals surface area contributed by atoms with Gasteiger partial charge in [0, 0.05) is 44.3 Å². The number of benzene rings is 2. The standard InChI is InChI=1S/C20H19N7O.C11H14O.C10H7ClN6.C9H15NO3/c21-17-16-18(27(13-23-16)15-6-9-22-10-7-15)25-19(24-17)26-11-8-20(28,12-26)14-4-2-1-3-5-14;12-11(8-4-5-9-11)10-6-2-1-3-7-10;11-10-15-8(12)7-9(16-10)17(5-14-7)6-1-3-13-4-2-6;1-9(2,3)13-8(12)10-5-4-7(11)6-10/h1-7,9-10,13,28H,8,11-12H2,(H2,21,24,25);1-3,6-7,12H,4-5,8-9H2;1-5H,(H2,12,15,16);4-6H2,1-3H3. The number of carbonyl (C=O) groups is 2. The maximum Gasteiger partial charge on any atom is 0.410 e. The number of nitrogens with zero attached hydrogens (tertiary/aromatic N) is 12.